The van der Waals surface area contributed by atoms with Gasteiger partial charge in [0.2, 0.25) is 0 Å². The predicted molar refractivity (Wildman–Crippen MR) is 72.2 cm³/mol. The van der Waals surface area contributed by atoms with Crippen LogP contribution in [0.4, 0.5) is 0 Å². The average Bonchev–Trinajstić information content (AvgIpc) is 2.46. The highest BCUT2D eigenvalue weighted by atomic mass is 16.5. The highest BCUT2D eigenvalue weighted by molar-refractivity contribution is 5.97. The van der Waals surface area contributed by atoms with Crippen molar-refractivity contribution in [2.24, 2.45) is 0 Å². The molecular weight excluding hydrogens is 260 g/mol. The molecule has 0 radical (unpaired) electrons. The van der Waals surface area contributed by atoms with Crippen LogP contribution in [0.25, 0.3) is 6.08 Å². The predicted octanol–water partition coefficient (Wildman–Crippen LogP) is 1.09. The van der Waals surface area contributed by atoms with Gasteiger partial charge < -0.3 is 15.2 Å². The van der Waals surface area contributed by atoms with Crippen molar-refractivity contribution >= 4 is 18.0 Å². The number of carbonyl (C=O) groups excluding carboxylic acids is 1. The van der Waals surface area contributed by atoms with E-state index in [1.807, 2.05) is 0 Å². The zero-order valence-corrected chi connectivity index (χ0v) is 10.9. The number of pyridine rings is 1. The van der Waals surface area contributed by atoms with Crippen molar-refractivity contribution in [1.82, 2.24) is 10.3 Å². The van der Waals surface area contributed by atoms with Gasteiger partial charge in [-0.25, -0.2) is 4.79 Å². The third-order valence-electron chi connectivity index (χ3n) is 3.02. The monoisotopic (exact) mass is 276 g/mol. The van der Waals surface area contributed by atoms with Gasteiger partial charge in [-0.2, -0.15) is 0 Å². The summed E-state index contributed by atoms with van der Waals surface area (Å²) in [4.78, 5) is 26.8. The molecule has 2 N–H and O–H groups in total. The van der Waals surface area contributed by atoms with Crippen LogP contribution < -0.4 is 5.32 Å². The molecule has 0 atom stereocenters. The van der Waals surface area contributed by atoms with Gasteiger partial charge in [0.25, 0.3) is 5.91 Å². The molecule has 2 heterocycles. The van der Waals surface area contributed by atoms with Gasteiger partial charge in [-0.05, 0) is 25.0 Å². The topological polar surface area (TPSA) is 88.5 Å². The third-order valence-corrected chi connectivity index (χ3v) is 3.02. The van der Waals surface area contributed by atoms with Crippen molar-refractivity contribution in [3.05, 3.63) is 35.7 Å². The molecule has 20 heavy (non-hydrogen) atoms. The first kappa shape index (κ1) is 14.2. The molecule has 1 saturated heterocycles. The second-order valence-electron chi connectivity index (χ2n) is 4.47. The van der Waals surface area contributed by atoms with Crippen molar-refractivity contribution < 1.29 is 19.4 Å². The molecule has 2 rings (SSSR count). The third kappa shape index (κ3) is 3.89. The summed E-state index contributed by atoms with van der Waals surface area (Å²) in [5, 5.41) is 11.5. The fourth-order valence-electron chi connectivity index (χ4n) is 2.00. The Kier molecular flexibility index (Phi) is 4.84. The van der Waals surface area contributed by atoms with Gasteiger partial charge in [-0.1, -0.05) is 6.07 Å². The molecule has 0 aliphatic carbocycles. The zero-order valence-electron chi connectivity index (χ0n) is 10.9. The average molecular weight is 276 g/mol. The molecule has 1 aliphatic heterocycles. The molecule has 1 aromatic rings. The van der Waals surface area contributed by atoms with E-state index < -0.39 is 5.97 Å². The van der Waals surface area contributed by atoms with Crippen LogP contribution >= 0.6 is 0 Å². The van der Waals surface area contributed by atoms with Crippen LogP contribution in [0.2, 0.25) is 0 Å². The molecule has 1 amide bonds. The Morgan fingerprint density at radius 2 is 2.15 bits per heavy atom. The first-order chi connectivity index (χ1) is 9.66. The summed E-state index contributed by atoms with van der Waals surface area (Å²) in [5.74, 6) is -1.35. The lowest BCUT2D eigenvalue weighted by Gasteiger charge is -2.23. The maximum Gasteiger partial charge on any atom is 0.328 e. The van der Waals surface area contributed by atoms with E-state index in [-0.39, 0.29) is 17.6 Å². The zero-order chi connectivity index (χ0) is 14.4. The summed E-state index contributed by atoms with van der Waals surface area (Å²) < 4.78 is 5.23. The number of hydrogen-bond donors (Lipinski definition) is 2. The Morgan fingerprint density at radius 1 is 1.40 bits per heavy atom. The summed E-state index contributed by atoms with van der Waals surface area (Å²) in [5.41, 5.74) is 0.718. The van der Waals surface area contributed by atoms with Gasteiger partial charge in [0.1, 0.15) is 5.69 Å². The Balaban J connectivity index is 2.10. The first-order valence-electron chi connectivity index (χ1n) is 6.41. The number of ether oxygens (including phenoxy) is 1. The molecule has 0 bridgehead atoms. The molecule has 106 valence electrons. The Bertz CT molecular complexity index is 522. The number of hydrogen-bond acceptors (Lipinski definition) is 4. The largest absolute Gasteiger partial charge is 0.478 e. The number of nitrogens with one attached hydrogen (secondary N) is 1. The van der Waals surface area contributed by atoms with Crippen LogP contribution in [0.15, 0.2) is 24.4 Å². The maximum atomic E-state index is 12.2. The van der Waals surface area contributed by atoms with E-state index in [4.69, 9.17) is 9.84 Å². The smallest absolute Gasteiger partial charge is 0.328 e. The summed E-state index contributed by atoms with van der Waals surface area (Å²) in [6.07, 6.45) is 5.42. The molecule has 1 aromatic heterocycles. The molecular formula is C14H16N2O4. The van der Waals surface area contributed by atoms with Crippen molar-refractivity contribution in [2.75, 3.05) is 13.2 Å². The lowest BCUT2D eigenvalue weighted by Crippen LogP contribution is -2.39. The number of rotatable bonds is 4. The van der Waals surface area contributed by atoms with Crippen molar-refractivity contribution in [1.29, 1.82) is 0 Å². The Hall–Kier alpha value is -2.21. The highest BCUT2D eigenvalue weighted by Gasteiger charge is 2.19. The number of carboxylic acids is 1. The normalized spacial score (nSPS) is 16.2. The number of carbonyl (C=O) groups is 2. The van der Waals surface area contributed by atoms with Crippen LogP contribution in [-0.4, -0.2) is 41.2 Å². The fraction of sp³-hybridized carbons (Fsp3) is 0.357. The SMILES string of the molecule is O=C(O)/C=C/c1cccnc1C(=O)NC1CCOCC1. The maximum absolute atomic E-state index is 12.2. The van der Waals surface area contributed by atoms with Gasteiger partial charge in [-0.3, -0.25) is 9.78 Å². The van der Waals surface area contributed by atoms with Gasteiger partial charge in [0.15, 0.2) is 0 Å². The number of amides is 1. The lowest BCUT2D eigenvalue weighted by atomic mass is 10.1. The van der Waals surface area contributed by atoms with E-state index in [2.05, 4.69) is 10.3 Å². The summed E-state index contributed by atoms with van der Waals surface area (Å²) in [6.45, 7) is 1.28. The Morgan fingerprint density at radius 3 is 2.85 bits per heavy atom. The molecule has 1 fully saturated rings. The highest BCUT2D eigenvalue weighted by Crippen LogP contribution is 2.11. The van der Waals surface area contributed by atoms with Crippen LogP contribution in [0.5, 0.6) is 0 Å². The van der Waals surface area contributed by atoms with Gasteiger partial charge in [0.05, 0.1) is 0 Å². The standard InChI is InChI=1S/C14H16N2O4/c17-12(18)4-3-10-2-1-7-15-13(10)14(19)16-11-5-8-20-9-6-11/h1-4,7,11H,5-6,8-9H2,(H,16,19)(H,17,18)/b4-3+. The number of aromatic nitrogens is 1. The second-order valence-corrected chi connectivity index (χ2v) is 4.47. The molecule has 0 spiro atoms. The summed E-state index contributed by atoms with van der Waals surface area (Å²) >= 11 is 0. The fourth-order valence-corrected chi connectivity index (χ4v) is 2.00. The lowest BCUT2D eigenvalue weighted by molar-refractivity contribution is -0.131. The van der Waals surface area contributed by atoms with Gasteiger partial charge >= 0.3 is 5.97 Å². The number of aliphatic carboxylic acids is 1. The minimum absolute atomic E-state index is 0.0783. The quantitative estimate of drug-likeness (QED) is 0.804. The van der Waals surface area contributed by atoms with Crippen molar-refractivity contribution in [3.63, 3.8) is 0 Å². The van der Waals surface area contributed by atoms with Gasteiger partial charge in [0, 0.05) is 37.1 Å². The van der Waals surface area contributed by atoms with E-state index in [1.165, 1.54) is 12.3 Å². The van der Waals surface area contributed by atoms with E-state index >= 15 is 0 Å². The van der Waals surface area contributed by atoms with Crippen LogP contribution in [0.1, 0.15) is 28.9 Å². The minimum Gasteiger partial charge on any atom is -0.478 e. The van der Waals surface area contributed by atoms with Gasteiger partial charge in [-0.15, -0.1) is 0 Å². The van der Waals surface area contributed by atoms with Crippen LogP contribution in [0.3, 0.4) is 0 Å². The molecule has 0 saturated carbocycles. The Labute approximate surface area is 116 Å². The second kappa shape index (κ2) is 6.81. The number of carboxylic acid groups (broad SMARTS) is 1. The van der Waals surface area contributed by atoms with Crippen molar-refractivity contribution in [3.8, 4) is 0 Å². The molecule has 6 heteroatoms. The molecule has 0 aromatic carbocycles. The van der Waals surface area contributed by atoms with Crippen molar-refractivity contribution in [2.45, 2.75) is 18.9 Å². The number of nitrogens with zero attached hydrogens (tertiary/aromatic N) is 1. The summed E-state index contributed by atoms with van der Waals surface area (Å²) in [7, 11) is 0. The molecule has 1 aliphatic rings. The van der Waals surface area contributed by atoms with E-state index in [9.17, 15) is 9.59 Å². The van der Waals surface area contributed by atoms with E-state index in [1.54, 1.807) is 12.1 Å². The first-order valence-corrected chi connectivity index (χ1v) is 6.41. The van der Waals surface area contributed by atoms with E-state index in [0.717, 1.165) is 18.9 Å². The minimum atomic E-state index is -1.07. The molecule has 6 nitrogen and oxygen atoms in total. The summed E-state index contributed by atoms with van der Waals surface area (Å²) in [6, 6.07) is 3.40. The molecule has 0 unspecified atom stereocenters. The van der Waals surface area contributed by atoms with E-state index in [0.29, 0.717) is 18.8 Å². The van der Waals surface area contributed by atoms with Crippen LogP contribution in [-0.2, 0) is 9.53 Å². The van der Waals surface area contributed by atoms with Crippen LogP contribution in [0, 0.1) is 0 Å².